The molecule has 1 aliphatic rings. The Balaban J connectivity index is 2.21. The summed E-state index contributed by atoms with van der Waals surface area (Å²) in [6, 6.07) is 0. The second-order valence-corrected chi connectivity index (χ2v) is 5.03. The monoisotopic (exact) mass is 250 g/mol. The van der Waals surface area contributed by atoms with Gasteiger partial charge in [0.05, 0.1) is 5.69 Å². The van der Waals surface area contributed by atoms with Gasteiger partial charge in [-0.15, -0.1) is 5.10 Å². The fourth-order valence-corrected chi connectivity index (χ4v) is 2.59. The molecule has 0 amide bonds. The van der Waals surface area contributed by atoms with Gasteiger partial charge in [-0.3, -0.25) is 0 Å². The average molecular weight is 250 g/mol. The van der Waals surface area contributed by atoms with Crippen LogP contribution in [0.4, 0.5) is 5.82 Å². The smallest absolute Gasteiger partial charge is 0.156 e. The highest BCUT2D eigenvalue weighted by Gasteiger charge is 2.25. The molecule has 0 aromatic carbocycles. The van der Waals surface area contributed by atoms with E-state index in [1.165, 1.54) is 0 Å². The van der Waals surface area contributed by atoms with Gasteiger partial charge in [0, 0.05) is 31.8 Å². The molecule has 0 spiro atoms. The number of hydrogen-bond acceptors (Lipinski definition) is 5. The lowest BCUT2D eigenvalue weighted by Gasteiger charge is -2.21. The molecule has 1 saturated heterocycles. The lowest BCUT2D eigenvalue weighted by atomic mass is 10.1. The first-order valence-electron chi connectivity index (χ1n) is 6.56. The van der Waals surface area contributed by atoms with E-state index in [0.717, 1.165) is 48.6 Å². The van der Waals surface area contributed by atoms with Gasteiger partial charge >= 0.3 is 0 Å². The van der Waals surface area contributed by atoms with Crippen LogP contribution in [0.3, 0.4) is 0 Å². The van der Waals surface area contributed by atoms with E-state index in [4.69, 9.17) is 10.8 Å². The number of nitrogens with two attached hydrogens (primary N) is 1. The molecule has 2 heterocycles. The van der Waals surface area contributed by atoms with Gasteiger partial charge in [-0.2, -0.15) is 5.10 Å². The third-order valence-corrected chi connectivity index (χ3v) is 3.89. The first kappa shape index (κ1) is 13.2. The van der Waals surface area contributed by atoms with Crippen molar-refractivity contribution in [1.29, 1.82) is 0 Å². The maximum atomic E-state index is 9.00. The molecule has 0 radical (unpaired) electrons. The predicted molar refractivity (Wildman–Crippen MR) is 71.4 cm³/mol. The van der Waals surface area contributed by atoms with Crippen molar-refractivity contribution in [3.8, 4) is 0 Å². The Morgan fingerprint density at radius 2 is 2.17 bits per heavy atom. The summed E-state index contributed by atoms with van der Waals surface area (Å²) in [5.74, 6) is 1.49. The van der Waals surface area contributed by atoms with Crippen LogP contribution in [0.1, 0.15) is 29.7 Å². The molecule has 0 aliphatic carbocycles. The minimum atomic E-state index is 0.265. The van der Waals surface area contributed by atoms with Crippen molar-refractivity contribution in [3.05, 3.63) is 16.8 Å². The van der Waals surface area contributed by atoms with Crippen LogP contribution in [0.5, 0.6) is 0 Å². The van der Waals surface area contributed by atoms with Crippen LogP contribution < -0.4 is 10.6 Å². The Hall–Kier alpha value is -1.20. The van der Waals surface area contributed by atoms with Gasteiger partial charge < -0.3 is 15.7 Å². The molecular weight excluding hydrogens is 228 g/mol. The van der Waals surface area contributed by atoms with E-state index in [2.05, 4.69) is 22.0 Å². The Kier molecular flexibility index (Phi) is 4.14. The second-order valence-electron chi connectivity index (χ2n) is 5.03. The summed E-state index contributed by atoms with van der Waals surface area (Å²) in [5, 5.41) is 17.5. The number of aliphatic hydroxyl groups is 1. The molecule has 1 aliphatic heterocycles. The maximum absolute atomic E-state index is 9.00. The lowest BCUT2D eigenvalue weighted by Crippen LogP contribution is -2.24. The normalized spacial score (nSPS) is 19.6. The maximum Gasteiger partial charge on any atom is 0.156 e. The van der Waals surface area contributed by atoms with Crippen molar-refractivity contribution < 1.29 is 5.11 Å². The lowest BCUT2D eigenvalue weighted by molar-refractivity contribution is 0.263. The molecule has 5 heteroatoms. The topological polar surface area (TPSA) is 75.3 Å². The van der Waals surface area contributed by atoms with Crippen molar-refractivity contribution in [2.24, 2.45) is 11.7 Å². The highest BCUT2D eigenvalue weighted by Crippen LogP contribution is 2.28. The molecule has 1 aromatic rings. The van der Waals surface area contributed by atoms with Gasteiger partial charge in [-0.1, -0.05) is 0 Å². The predicted octanol–water partition coefficient (Wildman–Crippen LogP) is 0.761. The van der Waals surface area contributed by atoms with Crippen LogP contribution in [0.2, 0.25) is 0 Å². The SMILES string of the molecule is Cc1nnc(N2CCC(CCO)C2)c(CN)c1C. The largest absolute Gasteiger partial charge is 0.396 e. The van der Waals surface area contributed by atoms with Crippen molar-refractivity contribution in [3.63, 3.8) is 0 Å². The third kappa shape index (κ3) is 2.47. The Labute approximate surface area is 108 Å². The molecule has 2 rings (SSSR count). The van der Waals surface area contributed by atoms with Crippen LogP contribution in [0, 0.1) is 19.8 Å². The molecule has 1 unspecified atom stereocenters. The first-order valence-corrected chi connectivity index (χ1v) is 6.56. The summed E-state index contributed by atoms with van der Waals surface area (Å²) in [7, 11) is 0. The summed E-state index contributed by atoms with van der Waals surface area (Å²) >= 11 is 0. The van der Waals surface area contributed by atoms with Gasteiger partial charge in [-0.05, 0) is 38.2 Å². The second kappa shape index (κ2) is 5.63. The Morgan fingerprint density at radius 3 is 2.83 bits per heavy atom. The summed E-state index contributed by atoms with van der Waals surface area (Å²) in [4.78, 5) is 2.25. The minimum absolute atomic E-state index is 0.265. The van der Waals surface area contributed by atoms with Crippen molar-refractivity contribution >= 4 is 5.82 Å². The van der Waals surface area contributed by atoms with Crippen LogP contribution in [-0.4, -0.2) is 35.0 Å². The van der Waals surface area contributed by atoms with E-state index in [-0.39, 0.29) is 6.61 Å². The molecule has 3 N–H and O–H groups in total. The highest BCUT2D eigenvalue weighted by atomic mass is 16.3. The number of aromatic nitrogens is 2. The number of aryl methyl sites for hydroxylation is 1. The van der Waals surface area contributed by atoms with Gasteiger partial charge in [0.2, 0.25) is 0 Å². The number of anilines is 1. The van der Waals surface area contributed by atoms with Gasteiger partial charge in [0.1, 0.15) is 0 Å². The van der Waals surface area contributed by atoms with Gasteiger partial charge in [0.15, 0.2) is 5.82 Å². The third-order valence-electron chi connectivity index (χ3n) is 3.89. The number of hydrogen-bond donors (Lipinski definition) is 2. The van der Waals surface area contributed by atoms with Crippen molar-refractivity contribution in [2.45, 2.75) is 33.2 Å². The molecule has 18 heavy (non-hydrogen) atoms. The van der Waals surface area contributed by atoms with Crippen LogP contribution in [0.15, 0.2) is 0 Å². The summed E-state index contributed by atoms with van der Waals surface area (Å²) in [6.07, 6.45) is 1.98. The highest BCUT2D eigenvalue weighted by molar-refractivity contribution is 5.51. The fraction of sp³-hybridized carbons (Fsp3) is 0.692. The van der Waals surface area contributed by atoms with Crippen LogP contribution in [0.25, 0.3) is 0 Å². The Bertz CT molecular complexity index is 422. The van der Waals surface area contributed by atoms with Crippen LogP contribution in [-0.2, 0) is 6.54 Å². The zero-order valence-corrected chi connectivity index (χ0v) is 11.2. The molecular formula is C13H22N4O. The summed E-state index contributed by atoms with van der Waals surface area (Å²) in [5.41, 5.74) is 9.05. The van der Waals surface area contributed by atoms with E-state index in [1.54, 1.807) is 0 Å². The fourth-order valence-electron chi connectivity index (χ4n) is 2.59. The molecule has 1 fully saturated rings. The van der Waals surface area contributed by atoms with Gasteiger partial charge in [0.25, 0.3) is 0 Å². The first-order chi connectivity index (χ1) is 8.67. The van der Waals surface area contributed by atoms with E-state index in [1.807, 2.05) is 6.92 Å². The van der Waals surface area contributed by atoms with Crippen molar-refractivity contribution in [2.75, 3.05) is 24.6 Å². The number of nitrogens with zero attached hydrogens (tertiary/aromatic N) is 3. The van der Waals surface area contributed by atoms with E-state index in [0.29, 0.717) is 12.5 Å². The standard InChI is InChI=1S/C13H22N4O/c1-9-10(2)15-16-13(12(9)7-14)17-5-3-11(8-17)4-6-18/h11,18H,3-8,14H2,1-2H3. The molecule has 5 nitrogen and oxygen atoms in total. The summed E-state index contributed by atoms with van der Waals surface area (Å²) < 4.78 is 0. The summed E-state index contributed by atoms with van der Waals surface area (Å²) in [6.45, 7) is 6.71. The zero-order valence-electron chi connectivity index (χ0n) is 11.2. The molecule has 0 bridgehead atoms. The number of aliphatic hydroxyl groups excluding tert-OH is 1. The zero-order chi connectivity index (χ0) is 13.1. The average Bonchev–Trinajstić information content (AvgIpc) is 2.81. The molecule has 1 aromatic heterocycles. The van der Waals surface area contributed by atoms with E-state index in [9.17, 15) is 0 Å². The Morgan fingerprint density at radius 1 is 1.39 bits per heavy atom. The van der Waals surface area contributed by atoms with E-state index < -0.39 is 0 Å². The molecule has 0 saturated carbocycles. The minimum Gasteiger partial charge on any atom is -0.396 e. The van der Waals surface area contributed by atoms with Gasteiger partial charge in [-0.25, -0.2) is 0 Å². The number of rotatable bonds is 4. The molecule has 100 valence electrons. The van der Waals surface area contributed by atoms with Crippen molar-refractivity contribution in [1.82, 2.24) is 10.2 Å². The molecule has 1 atom stereocenters. The van der Waals surface area contributed by atoms with E-state index >= 15 is 0 Å². The van der Waals surface area contributed by atoms with Crippen LogP contribution >= 0.6 is 0 Å². The quantitative estimate of drug-likeness (QED) is 0.825.